The fourth-order valence-corrected chi connectivity index (χ4v) is 2.69. The Kier molecular flexibility index (Phi) is 3.73. The Morgan fingerprint density at radius 1 is 1.00 bits per heavy atom. The molecule has 1 atom stereocenters. The molecule has 3 nitrogen and oxygen atoms in total. The molecule has 0 radical (unpaired) electrons. The molecule has 1 amide bonds. The summed E-state index contributed by atoms with van der Waals surface area (Å²) in [6.07, 6.45) is 2.69. The lowest BCUT2D eigenvalue weighted by molar-refractivity contribution is -0.122. The molecule has 3 aromatic rings. The van der Waals surface area contributed by atoms with E-state index < -0.39 is 0 Å². The Morgan fingerprint density at radius 2 is 1.71 bits per heavy atom. The topological polar surface area (TPSA) is 48.0 Å². The number of fused-ring (bicyclic) bond motifs is 1. The fraction of sp³-hybridized carbons (Fsp3) is 0.167. The summed E-state index contributed by atoms with van der Waals surface area (Å²) in [5, 5.41) is 1.18. The third kappa shape index (κ3) is 2.97. The molecule has 0 spiro atoms. The first kappa shape index (κ1) is 13.4. The van der Waals surface area contributed by atoms with Gasteiger partial charge in [0.05, 0.1) is 5.92 Å². The number of nitrogens with two attached hydrogens (primary N) is 1. The largest absolute Gasteiger partial charge is 0.369 e. The van der Waals surface area contributed by atoms with E-state index in [0.29, 0.717) is 13.0 Å². The van der Waals surface area contributed by atoms with Crippen molar-refractivity contribution in [2.45, 2.75) is 13.0 Å². The predicted molar refractivity (Wildman–Crippen MR) is 84.8 cm³/mol. The Balaban J connectivity index is 1.84. The van der Waals surface area contributed by atoms with Crippen LogP contribution < -0.4 is 5.73 Å². The summed E-state index contributed by atoms with van der Waals surface area (Å²) in [6.45, 7) is 0.609. The van der Waals surface area contributed by atoms with E-state index in [1.54, 1.807) is 0 Å². The third-order valence-corrected chi connectivity index (χ3v) is 3.82. The number of primary amides is 1. The maximum atomic E-state index is 11.8. The smallest absolute Gasteiger partial charge is 0.222 e. The summed E-state index contributed by atoms with van der Waals surface area (Å²) >= 11 is 0. The summed E-state index contributed by atoms with van der Waals surface area (Å²) in [5.74, 6) is -0.458. The molecule has 1 heterocycles. The second-order valence-electron chi connectivity index (χ2n) is 5.32. The average Bonchev–Trinajstić information content (AvgIpc) is 2.91. The van der Waals surface area contributed by atoms with Crippen LogP contribution in [0.3, 0.4) is 0 Å². The second kappa shape index (κ2) is 5.83. The normalized spacial score (nSPS) is 12.4. The molecular weight excluding hydrogens is 260 g/mol. The number of nitrogens with zero attached hydrogens (tertiary/aromatic N) is 1. The van der Waals surface area contributed by atoms with Crippen LogP contribution in [0.15, 0.2) is 66.9 Å². The number of hydrogen-bond acceptors (Lipinski definition) is 1. The van der Waals surface area contributed by atoms with E-state index in [2.05, 4.69) is 22.8 Å². The Labute approximate surface area is 124 Å². The number of aromatic nitrogens is 1. The van der Waals surface area contributed by atoms with Crippen LogP contribution in [0.1, 0.15) is 5.56 Å². The van der Waals surface area contributed by atoms with Gasteiger partial charge in [-0.1, -0.05) is 48.5 Å². The van der Waals surface area contributed by atoms with E-state index in [0.717, 1.165) is 11.1 Å². The van der Waals surface area contributed by atoms with E-state index in [1.165, 1.54) is 5.39 Å². The molecule has 2 aromatic carbocycles. The van der Waals surface area contributed by atoms with Gasteiger partial charge in [-0.05, 0) is 29.5 Å². The van der Waals surface area contributed by atoms with Gasteiger partial charge in [0.15, 0.2) is 0 Å². The molecule has 0 aliphatic heterocycles. The highest BCUT2D eigenvalue weighted by Gasteiger charge is 2.17. The van der Waals surface area contributed by atoms with Crippen molar-refractivity contribution in [2.75, 3.05) is 0 Å². The second-order valence-corrected chi connectivity index (χ2v) is 5.32. The molecule has 3 heteroatoms. The van der Waals surface area contributed by atoms with Crippen LogP contribution in [-0.4, -0.2) is 10.5 Å². The molecule has 0 aliphatic rings. The van der Waals surface area contributed by atoms with Crippen LogP contribution in [-0.2, 0) is 17.8 Å². The van der Waals surface area contributed by atoms with Gasteiger partial charge in [0, 0.05) is 18.3 Å². The zero-order valence-electron chi connectivity index (χ0n) is 11.8. The lowest BCUT2D eigenvalue weighted by Gasteiger charge is -2.15. The molecule has 21 heavy (non-hydrogen) atoms. The van der Waals surface area contributed by atoms with Crippen LogP contribution in [0.5, 0.6) is 0 Å². The van der Waals surface area contributed by atoms with Crippen molar-refractivity contribution in [1.82, 2.24) is 4.57 Å². The molecule has 0 aliphatic carbocycles. The summed E-state index contributed by atoms with van der Waals surface area (Å²) in [6, 6.07) is 20.2. The highest BCUT2D eigenvalue weighted by Crippen LogP contribution is 2.18. The maximum Gasteiger partial charge on any atom is 0.222 e. The van der Waals surface area contributed by atoms with E-state index >= 15 is 0 Å². The third-order valence-electron chi connectivity index (χ3n) is 3.82. The zero-order valence-corrected chi connectivity index (χ0v) is 11.8. The summed E-state index contributed by atoms with van der Waals surface area (Å²) in [4.78, 5) is 11.8. The van der Waals surface area contributed by atoms with Gasteiger partial charge < -0.3 is 10.3 Å². The molecule has 0 fully saturated rings. The molecule has 1 aromatic heterocycles. The van der Waals surface area contributed by atoms with E-state index in [1.807, 2.05) is 48.7 Å². The van der Waals surface area contributed by atoms with Crippen molar-refractivity contribution in [3.05, 3.63) is 72.4 Å². The first-order chi connectivity index (χ1) is 10.2. The number of rotatable bonds is 5. The standard InChI is InChI=1S/C18H18N2O/c19-18(21)16(12-14-6-2-1-3-7-14)13-20-11-10-15-8-4-5-9-17(15)20/h1-11,16H,12-13H2,(H2,19,21). The number of hydrogen-bond donors (Lipinski definition) is 1. The van der Waals surface area contributed by atoms with Crippen molar-refractivity contribution in [3.63, 3.8) is 0 Å². The number of para-hydroxylation sites is 1. The molecule has 1 unspecified atom stereocenters. The van der Waals surface area contributed by atoms with Gasteiger partial charge >= 0.3 is 0 Å². The van der Waals surface area contributed by atoms with Crippen LogP contribution in [0.25, 0.3) is 10.9 Å². The van der Waals surface area contributed by atoms with Crippen molar-refractivity contribution in [1.29, 1.82) is 0 Å². The molecule has 106 valence electrons. The molecule has 0 saturated heterocycles. The minimum absolute atomic E-state index is 0.205. The van der Waals surface area contributed by atoms with Gasteiger partial charge in [-0.15, -0.1) is 0 Å². The van der Waals surface area contributed by atoms with Gasteiger partial charge in [-0.3, -0.25) is 4.79 Å². The first-order valence-corrected chi connectivity index (χ1v) is 7.11. The van der Waals surface area contributed by atoms with Crippen molar-refractivity contribution in [3.8, 4) is 0 Å². The molecular formula is C18H18N2O. The molecule has 0 saturated carbocycles. The molecule has 0 bridgehead atoms. The first-order valence-electron chi connectivity index (χ1n) is 7.11. The maximum absolute atomic E-state index is 11.8. The quantitative estimate of drug-likeness (QED) is 0.766. The Hall–Kier alpha value is -2.55. The lowest BCUT2D eigenvalue weighted by Crippen LogP contribution is -2.28. The Bertz CT molecular complexity index is 746. The number of benzene rings is 2. The summed E-state index contributed by atoms with van der Waals surface area (Å²) in [5.41, 5.74) is 7.87. The van der Waals surface area contributed by atoms with Gasteiger partial charge in [0.2, 0.25) is 5.91 Å². The number of amides is 1. The van der Waals surface area contributed by atoms with Gasteiger partial charge in [0.1, 0.15) is 0 Å². The average molecular weight is 278 g/mol. The van der Waals surface area contributed by atoms with E-state index in [-0.39, 0.29) is 11.8 Å². The van der Waals surface area contributed by atoms with Crippen LogP contribution in [0.2, 0.25) is 0 Å². The van der Waals surface area contributed by atoms with Crippen molar-refractivity contribution < 1.29 is 4.79 Å². The van der Waals surface area contributed by atoms with Crippen LogP contribution in [0.4, 0.5) is 0 Å². The highest BCUT2D eigenvalue weighted by atomic mass is 16.1. The van der Waals surface area contributed by atoms with Gasteiger partial charge in [0.25, 0.3) is 0 Å². The van der Waals surface area contributed by atoms with E-state index in [4.69, 9.17) is 5.73 Å². The minimum atomic E-state index is -0.253. The number of carbonyl (C=O) groups is 1. The monoisotopic (exact) mass is 278 g/mol. The summed E-state index contributed by atoms with van der Waals surface area (Å²) < 4.78 is 2.10. The molecule has 2 N–H and O–H groups in total. The predicted octanol–water partition coefficient (Wildman–Crippen LogP) is 2.99. The number of carbonyl (C=O) groups excluding carboxylic acids is 1. The zero-order chi connectivity index (χ0) is 14.7. The lowest BCUT2D eigenvalue weighted by atomic mass is 9.98. The van der Waals surface area contributed by atoms with Crippen LogP contribution in [0, 0.1) is 5.92 Å². The van der Waals surface area contributed by atoms with Crippen molar-refractivity contribution in [2.24, 2.45) is 11.7 Å². The molecule has 3 rings (SSSR count). The fourth-order valence-electron chi connectivity index (χ4n) is 2.69. The minimum Gasteiger partial charge on any atom is -0.369 e. The van der Waals surface area contributed by atoms with Crippen molar-refractivity contribution >= 4 is 16.8 Å². The SMILES string of the molecule is NC(=O)C(Cc1ccccc1)Cn1ccc2ccccc21. The van der Waals surface area contributed by atoms with Crippen LogP contribution >= 0.6 is 0 Å². The van der Waals surface area contributed by atoms with Gasteiger partial charge in [-0.25, -0.2) is 0 Å². The van der Waals surface area contributed by atoms with Gasteiger partial charge in [-0.2, -0.15) is 0 Å². The van der Waals surface area contributed by atoms with E-state index in [9.17, 15) is 4.79 Å². The summed E-state index contributed by atoms with van der Waals surface area (Å²) in [7, 11) is 0. The Morgan fingerprint density at radius 3 is 2.48 bits per heavy atom. The highest BCUT2D eigenvalue weighted by molar-refractivity contribution is 5.81.